The van der Waals surface area contributed by atoms with Gasteiger partial charge in [-0.1, -0.05) is 105 Å². The summed E-state index contributed by atoms with van der Waals surface area (Å²) >= 11 is 0. The SMILES string of the molecule is Cc1cccc(Cc2c(C(C)(C)C)ccc(OP(O)O)c2-c2cccc(C)c2C(C)(C)C)c1C(C)(C)C. The summed E-state index contributed by atoms with van der Waals surface area (Å²) in [7, 11) is -2.57. The fraction of sp³-hybridized carbons (Fsp3) is 0.455. The number of benzene rings is 3. The molecule has 0 radical (unpaired) electrons. The van der Waals surface area contributed by atoms with Crippen LogP contribution in [0.1, 0.15) is 101 Å². The Balaban J connectivity index is 2.50. The van der Waals surface area contributed by atoms with Crippen molar-refractivity contribution < 1.29 is 14.3 Å². The molecule has 0 fully saturated rings. The Bertz CT molecular complexity index is 1270. The fourth-order valence-electron chi connectivity index (χ4n) is 5.98. The Morgan fingerprint density at radius 1 is 0.676 bits per heavy atom. The summed E-state index contributed by atoms with van der Waals surface area (Å²) in [5.74, 6) is 0.514. The number of hydrogen-bond acceptors (Lipinski definition) is 3. The van der Waals surface area contributed by atoms with Crippen LogP contribution in [0.15, 0.2) is 48.5 Å². The highest BCUT2D eigenvalue weighted by atomic mass is 31.2. The molecule has 0 unspecified atom stereocenters. The van der Waals surface area contributed by atoms with Gasteiger partial charge in [-0.3, -0.25) is 0 Å². The van der Waals surface area contributed by atoms with Gasteiger partial charge in [-0.05, 0) is 87.1 Å². The maximum Gasteiger partial charge on any atom is 0.391 e. The summed E-state index contributed by atoms with van der Waals surface area (Å²) in [6.45, 7) is 24.6. The molecular weight excluding hydrogens is 475 g/mol. The van der Waals surface area contributed by atoms with Crippen molar-refractivity contribution in [2.24, 2.45) is 0 Å². The molecule has 3 rings (SSSR count). The molecule has 0 saturated carbocycles. The van der Waals surface area contributed by atoms with Gasteiger partial charge in [0.25, 0.3) is 0 Å². The zero-order valence-corrected chi connectivity index (χ0v) is 25.5. The molecule has 200 valence electrons. The average Bonchev–Trinajstić information content (AvgIpc) is 2.70. The van der Waals surface area contributed by atoms with Crippen LogP contribution in [0.5, 0.6) is 5.75 Å². The standard InChI is InChI=1S/C33H45O3P/c1-21-14-12-16-23(29(21)32(6,7)8)20-25-26(31(3,4)5)18-19-27(36-37(34)35)28(25)24-17-13-15-22(2)30(24)33(9,10)11/h12-19,34-35H,20H2,1-11H3. The van der Waals surface area contributed by atoms with E-state index in [0.717, 1.165) is 17.5 Å². The van der Waals surface area contributed by atoms with Gasteiger partial charge in [0.05, 0.1) is 0 Å². The molecule has 0 saturated heterocycles. The number of rotatable bonds is 5. The van der Waals surface area contributed by atoms with E-state index in [9.17, 15) is 9.79 Å². The third kappa shape index (κ3) is 6.45. The molecule has 0 heterocycles. The predicted molar refractivity (Wildman–Crippen MR) is 159 cm³/mol. The van der Waals surface area contributed by atoms with Crippen molar-refractivity contribution in [3.8, 4) is 16.9 Å². The first kappa shape index (κ1) is 29.4. The van der Waals surface area contributed by atoms with Gasteiger partial charge in [-0.2, -0.15) is 0 Å². The van der Waals surface area contributed by atoms with Crippen molar-refractivity contribution >= 4 is 8.60 Å². The van der Waals surface area contributed by atoms with E-state index in [-0.39, 0.29) is 16.2 Å². The Kier molecular flexibility index (Phi) is 8.35. The second kappa shape index (κ2) is 10.5. The summed E-state index contributed by atoms with van der Waals surface area (Å²) in [5.41, 5.74) is 10.6. The molecule has 0 aliphatic heterocycles. The van der Waals surface area contributed by atoms with Gasteiger partial charge < -0.3 is 14.3 Å². The van der Waals surface area contributed by atoms with E-state index in [2.05, 4.69) is 119 Å². The minimum absolute atomic E-state index is 0.0126. The highest BCUT2D eigenvalue weighted by Gasteiger charge is 2.30. The second-order valence-electron chi connectivity index (χ2n) is 13.3. The van der Waals surface area contributed by atoms with Crippen molar-refractivity contribution in [1.82, 2.24) is 0 Å². The topological polar surface area (TPSA) is 49.7 Å². The molecule has 0 aliphatic carbocycles. The highest BCUT2D eigenvalue weighted by Crippen LogP contribution is 2.48. The number of aryl methyl sites for hydroxylation is 2. The average molecular weight is 521 g/mol. The largest absolute Gasteiger partial charge is 0.426 e. The summed E-state index contributed by atoms with van der Waals surface area (Å²) in [6, 6.07) is 17.0. The van der Waals surface area contributed by atoms with Crippen molar-refractivity contribution in [3.63, 3.8) is 0 Å². The third-order valence-corrected chi connectivity index (χ3v) is 7.39. The van der Waals surface area contributed by atoms with E-state index in [1.807, 2.05) is 6.07 Å². The maximum atomic E-state index is 9.96. The van der Waals surface area contributed by atoms with Crippen LogP contribution in [0.4, 0.5) is 0 Å². The van der Waals surface area contributed by atoms with Gasteiger partial charge in [0.15, 0.2) is 0 Å². The lowest BCUT2D eigenvalue weighted by Gasteiger charge is -2.32. The molecule has 2 N–H and O–H groups in total. The van der Waals surface area contributed by atoms with Crippen molar-refractivity contribution in [2.75, 3.05) is 0 Å². The lowest BCUT2D eigenvalue weighted by Crippen LogP contribution is -2.20. The quantitative estimate of drug-likeness (QED) is 0.330. The predicted octanol–water partition coefficient (Wildman–Crippen LogP) is 9.04. The molecule has 4 heteroatoms. The van der Waals surface area contributed by atoms with Gasteiger partial charge in [0.2, 0.25) is 0 Å². The molecular formula is C33H45O3P. The van der Waals surface area contributed by atoms with Gasteiger partial charge in [0, 0.05) is 5.56 Å². The van der Waals surface area contributed by atoms with E-state index in [0.29, 0.717) is 5.75 Å². The molecule has 0 atom stereocenters. The van der Waals surface area contributed by atoms with Crippen LogP contribution in [0, 0.1) is 13.8 Å². The second-order valence-corrected chi connectivity index (χ2v) is 14.0. The zero-order valence-electron chi connectivity index (χ0n) is 24.6. The van der Waals surface area contributed by atoms with Gasteiger partial charge >= 0.3 is 8.60 Å². The third-order valence-electron chi connectivity index (χ3n) is 7.03. The normalized spacial score (nSPS) is 12.8. The van der Waals surface area contributed by atoms with Crippen molar-refractivity contribution in [1.29, 1.82) is 0 Å². The number of hydrogen-bond donors (Lipinski definition) is 2. The summed E-state index contributed by atoms with van der Waals surface area (Å²) in [6.07, 6.45) is 0.722. The first-order valence-corrected chi connectivity index (χ1v) is 14.3. The minimum atomic E-state index is -2.57. The van der Waals surface area contributed by atoms with E-state index in [4.69, 9.17) is 4.52 Å². The van der Waals surface area contributed by atoms with Crippen LogP contribution < -0.4 is 4.52 Å². The molecule has 0 aromatic heterocycles. The lowest BCUT2D eigenvalue weighted by molar-refractivity contribution is 0.375. The Morgan fingerprint density at radius 2 is 1.22 bits per heavy atom. The molecule has 0 amide bonds. The van der Waals surface area contributed by atoms with E-state index < -0.39 is 8.60 Å². The van der Waals surface area contributed by atoms with Crippen LogP contribution >= 0.6 is 8.60 Å². The van der Waals surface area contributed by atoms with Crippen LogP contribution in [0.2, 0.25) is 0 Å². The van der Waals surface area contributed by atoms with Crippen LogP contribution in [-0.2, 0) is 22.7 Å². The first-order chi connectivity index (χ1) is 16.9. The summed E-state index contributed by atoms with van der Waals surface area (Å²) < 4.78 is 5.75. The van der Waals surface area contributed by atoms with Crippen molar-refractivity contribution in [2.45, 2.75) is 98.8 Å². The first-order valence-electron chi connectivity index (χ1n) is 13.1. The zero-order chi connectivity index (χ0) is 27.9. The molecule has 0 spiro atoms. The Hall–Kier alpha value is -2.19. The molecule has 3 nitrogen and oxygen atoms in total. The van der Waals surface area contributed by atoms with Crippen molar-refractivity contribution in [3.05, 3.63) is 87.5 Å². The monoisotopic (exact) mass is 520 g/mol. The lowest BCUT2D eigenvalue weighted by atomic mass is 9.73. The van der Waals surface area contributed by atoms with Gasteiger partial charge in [-0.15, -0.1) is 0 Å². The Labute approximate surface area is 225 Å². The molecule has 0 aliphatic rings. The smallest absolute Gasteiger partial charge is 0.391 e. The molecule has 3 aromatic carbocycles. The summed E-state index contributed by atoms with van der Waals surface area (Å²) in [4.78, 5) is 19.9. The Morgan fingerprint density at radius 3 is 1.73 bits per heavy atom. The fourth-order valence-corrected chi connectivity index (χ4v) is 6.31. The minimum Gasteiger partial charge on any atom is -0.426 e. The molecule has 37 heavy (non-hydrogen) atoms. The summed E-state index contributed by atoms with van der Waals surface area (Å²) in [5, 5.41) is 0. The molecule has 0 bridgehead atoms. The maximum absolute atomic E-state index is 9.96. The van der Waals surface area contributed by atoms with Crippen LogP contribution in [-0.4, -0.2) is 9.79 Å². The molecule has 3 aromatic rings. The van der Waals surface area contributed by atoms with Crippen LogP contribution in [0.25, 0.3) is 11.1 Å². The van der Waals surface area contributed by atoms with Gasteiger partial charge in [-0.25, -0.2) is 0 Å². The van der Waals surface area contributed by atoms with Gasteiger partial charge in [0.1, 0.15) is 5.75 Å². The van der Waals surface area contributed by atoms with Crippen LogP contribution in [0.3, 0.4) is 0 Å². The van der Waals surface area contributed by atoms with E-state index in [1.54, 1.807) is 0 Å². The van der Waals surface area contributed by atoms with E-state index in [1.165, 1.54) is 38.9 Å². The van der Waals surface area contributed by atoms with E-state index >= 15 is 0 Å². The highest BCUT2D eigenvalue weighted by molar-refractivity contribution is 7.39.